The summed E-state index contributed by atoms with van der Waals surface area (Å²) in [6.07, 6.45) is 0. The normalized spacial score (nSPS) is 10.7. The van der Waals surface area contributed by atoms with E-state index < -0.39 is 0 Å². The van der Waals surface area contributed by atoms with Gasteiger partial charge in [-0.2, -0.15) is 0 Å². The number of rotatable bonds is 2. The minimum Gasteiger partial charge on any atom is -0.461 e. The van der Waals surface area contributed by atoms with Gasteiger partial charge in [-0.25, -0.2) is 9.78 Å². The fourth-order valence-corrected chi connectivity index (χ4v) is 2.12. The van der Waals surface area contributed by atoms with Crippen molar-refractivity contribution < 1.29 is 9.53 Å². The maximum absolute atomic E-state index is 11.8. The van der Waals surface area contributed by atoms with Crippen LogP contribution in [0.2, 0.25) is 0 Å². The van der Waals surface area contributed by atoms with E-state index in [0.29, 0.717) is 18.0 Å². The number of pyridine rings is 1. The van der Waals surface area contributed by atoms with Gasteiger partial charge >= 0.3 is 5.97 Å². The van der Waals surface area contributed by atoms with Gasteiger partial charge in [0, 0.05) is 0 Å². The number of halogens is 1. The van der Waals surface area contributed by atoms with Crippen LogP contribution in [0.15, 0.2) is 22.8 Å². The van der Waals surface area contributed by atoms with Gasteiger partial charge in [-0.05, 0) is 41.9 Å². The van der Waals surface area contributed by atoms with Gasteiger partial charge in [0.25, 0.3) is 0 Å². The van der Waals surface area contributed by atoms with E-state index in [0.717, 1.165) is 10.3 Å². The first-order valence-corrected chi connectivity index (χ1v) is 5.75. The molecule has 2 heterocycles. The van der Waals surface area contributed by atoms with Gasteiger partial charge in [-0.15, -0.1) is 0 Å². The summed E-state index contributed by atoms with van der Waals surface area (Å²) in [5, 5.41) is 0. The molecule has 0 N–H and O–H groups in total. The molecule has 0 aliphatic rings. The Morgan fingerprint density at radius 2 is 2.31 bits per heavy atom. The van der Waals surface area contributed by atoms with Crippen LogP contribution in [0.3, 0.4) is 0 Å². The molecule has 0 aliphatic heterocycles. The quantitative estimate of drug-likeness (QED) is 0.628. The second kappa shape index (κ2) is 4.25. The zero-order chi connectivity index (χ0) is 11.7. The van der Waals surface area contributed by atoms with Gasteiger partial charge in [0.05, 0.1) is 16.9 Å². The van der Waals surface area contributed by atoms with Crippen molar-refractivity contribution in [2.75, 3.05) is 6.61 Å². The fourth-order valence-electron chi connectivity index (χ4n) is 1.61. The molecule has 0 amide bonds. The Kier molecular flexibility index (Phi) is 2.96. The van der Waals surface area contributed by atoms with Crippen molar-refractivity contribution in [1.82, 2.24) is 9.38 Å². The van der Waals surface area contributed by atoms with E-state index in [2.05, 4.69) is 20.9 Å². The summed E-state index contributed by atoms with van der Waals surface area (Å²) < 4.78 is 7.54. The Balaban J connectivity index is 2.68. The average molecular weight is 283 g/mol. The average Bonchev–Trinajstić information content (AvgIpc) is 2.56. The molecule has 0 radical (unpaired) electrons. The van der Waals surface area contributed by atoms with Gasteiger partial charge in [-0.1, -0.05) is 6.07 Å². The Hall–Kier alpha value is -1.36. The van der Waals surface area contributed by atoms with Crippen LogP contribution in [0.1, 0.15) is 23.1 Å². The number of hydrogen-bond donors (Lipinski definition) is 0. The number of aryl methyl sites for hydroxylation is 1. The predicted molar refractivity (Wildman–Crippen MR) is 63.6 cm³/mol. The van der Waals surface area contributed by atoms with E-state index in [9.17, 15) is 4.79 Å². The number of fused-ring (bicyclic) bond motifs is 1. The van der Waals surface area contributed by atoms with Gasteiger partial charge in [0.1, 0.15) is 5.65 Å². The molecule has 4 nitrogen and oxygen atoms in total. The lowest BCUT2D eigenvalue weighted by molar-refractivity contribution is 0.0517. The molecule has 0 spiro atoms. The van der Waals surface area contributed by atoms with Crippen molar-refractivity contribution in [1.29, 1.82) is 0 Å². The molecule has 0 unspecified atom stereocenters. The number of carbonyl (C=O) groups is 1. The van der Waals surface area contributed by atoms with Crippen LogP contribution in [0, 0.1) is 6.92 Å². The van der Waals surface area contributed by atoms with Crippen molar-refractivity contribution in [3.63, 3.8) is 0 Å². The molecular weight excluding hydrogens is 272 g/mol. The summed E-state index contributed by atoms with van der Waals surface area (Å²) in [5.74, 6) is -0.348. The fraction of sp³-hybridized carbons (Fsp3) is 0.273. The summed E-state index contributed by atoms with van der Waals surface area (Å²) in [4.78, 5) is 16.1. The smallest absolute Gasteiger partial charge is 0.357 e. The van der Waals surface area contributed by atoms with Crippen molar-refractivity contribution in [2.24, 2.45) is 0 Å². The molecule has 0 fully saturated rings. The first-order valence-electron chi connectivity index (χ1n) is 4.96. The van der Waals surface area contributed by atoms with E-state index in [1.165, 1.54) is 0 Å². The van der Waals surface area contributed by atoms with E-state index in [-0.39, 0.29) is 5.97 Å². The molecule has 0 atom stereocenters. The lowest BCUT2D eigenvalue weighted by Crippen LogP contribution is -2.10. The van der Waals surface area contributed by atoms with E-state index in [4.69, 9.17) is 4.74 Å². The van der Waals surface area contributed by atoms with Crippen LogP contribution >= 0.6 is 15.9 Å². The Morgan fingerprint density at radius 3 is 3.00 bits per heavy atom. The Morgan fingerprint density at radius 1 is 1.56 bits per heavy atom. The number of aromatic nitrogens is 2. The van der Waals surface area contributed by atoms with Crippen molar-refractivity contribution in [3.05, 3.63) is 34.2 Å². The first-order chi connectivity index (χ1) is 7.65. The van der Waals surface area contributed by atoms with Gasteiger partial charge in [0.2, 0.25) is 0 Å². The molecule has 2 aromatic rings. The summed E-state index contributed by atoms with van der Waals surface area (Å²) >= 11 is 3.40. The van der Waals surface area contributed by atoms with Crippen LogP contribution < -0.4 is 0 Å². The first kappa shape index (κ1) is 11.1. The van der Waals surface area contributed by atoms with Crippen LogP contribution in [0.4, 0.5) is 0 Å². The number of hydrogen-bond acceptors (Lipinski definition) is 3. The van der Waals surface area contributed by atoms with Gasteiger partial charge < -0.3 is 4.74 Å². The summed E-state index contributed by atoms with van der Waals surface area (Å²) in [5.41, 5.74) is 1.88. The zero-order valence-corrected chi connectivity index (χ0v) is 10.6. The Bertz CT molecular complexity index is 548. The molecule has 2 aromatic heterocycles. The Labute approximate surface area is 101 Å². The molecule has 0 aromatic carbocycles. The minimum absolute atomic E-state index is 0.348. The second-order valence-corrected chi connectivity index (χ2v) is 4.12. The summed E-state index contributed by atoms with van der Waals surface area (Å²) in [6, 6.07) is 5.58. The molecule has 84 valence electrons. The van der Waals surface area contributed by atoms with Crippen LogP contribution in [-0.4, -0.2) is 22.0 Å². The third-order valence-corrected chi connectivity index (χ3v) is 2.86. The maximum Gasteiger partial charge on any atom is 0.357 e. The van der Waals surface area contributed by atoms with Crippen molar-refractivity contribution >= 4 is 27.5 Å². The van der Waals surface area contributed by atoms with Crippen LogP contribution in [-0.2, 0) is 4.74 Å². The predicted octanol–water partition coefficient (Wildman–Crippen LogP) is 2.58. The van der Waals surface area contributed by atoms with E-state index >= 15 is 0 Å². The van der Waals surface area contributed by atoms with Gasteiger partial charge in [-0.3, -0.25) is 4.40 Å². The topological polar surface area (TPSA) is 43.6 Å². The number of imidazole rings is 1. The number of esters is 1. The SMILES string of the molecule is CCOC(=O)c1c(C)nc2cccc(Br)n12. The zero-order valence-electron chi connectivity index (χ0n) is 9.03. The third kappa shape index (κ3) is 1.71. The summed E-state index contributed by atoms with van der Waals surface area (Å²) in [7, 11) is 0. The molecular formula is C11H11BrN2O2. The highest BCUT2D eigenvalue weighted by Crippen LogP contribution is 2.19. The molecule has 0 aliphatic carbocycles. The van der Waals surface area contributed by atoms with Crippen LogP contribution in [0.5, 0.6) is 0 Å². The number of ether oxygens (including phenoxy) is 1. The highest BCUT2D eigenvalue weighted by molar-refractivity contribution is 9.10. The standard InChI is InChI=1S/C11H11BrN2O2/c1-3-16-11(15)10-7(2)13-9-6-4-5-8(12)14(9)10/h4-6H,3H2,1-2H3. The summed E-state index contributed by atoms with van der Waals surface area (Å²) in [6.45, 7) is 3.94. The second-order valence-electron chi connectivity index (χ2n) is 3.31. The van der Waals surface area contributed by atoms with Crippen LogP contribution in [0.25, 0.3) is 5.65 Å². The molecule has 16 heavy (non-hydrogen) atoms. The lowest BCUT2D eigenvalue weighted by atomic mass is 10.3. The highest BCUT2D eigenvalue weighted by Gasteiger charge is 2.18. The minimum atomic E-state index is -0.348. The third-order valence-electron chi connectivity index (χ3n) is 2.24. The maximum atomic E-state index is 11.8. The molecule has 0 saturated carbocycles. The van der Waals surface area contributed by atoms with E-state index in [1.54, 1.807) is 18.2 Å². The molecule has 2 rings (SSSR count). The number of carbonyl (C=O) groups excluding carboxylic acids is 1. The number of nitrogens with zero attached hydrogens (tertiary/aromatic N) is 2. The van der Waals surface area contributed by atoms with Crippen molar-refractivity contribution in [3.8, 4) is 0 Å². The van der Waals surface area contributed by atoms with E-state index in [1.807, 2.05) is 18.2 Å². The highest BCUT2D eigenvalue weighted by atomic mass is 79.9. The molecule has 0 saturated heterocycles. The molecule has 5 heteroatoms. The largest absolute Gasteiger partial charge is 0.461 e. The lowest BCUT2D eigenvalue weighted by Gasteiger charge is -2.04. The van der Waals surface area contributed by atoms with Gasteiger partial charge in [0.15, 0.2) is 5.69 Å². The monoisotopic (exact) mass is 282 g/mol. The molecule has 0 bridgehead atoms. The van der Waals surface area contributed by atoms with Crippen molar-refractivity contribution in [2.45, 2.75) is 13.8 Å².